The Balaban J connectivity index is 1.68. The van der Waals surface area contributed by atoms with E-state index >= 15 is 0 Å². The van der Waals surface area contributed by atoms with Crippen LogP contribution in [0.1, 0.15) is 37.3 Å². The summed E-state index contributed by atoms with van der Waals surface area (Å²) in [5.74, 6) is 1.81. The minimum atomic E-state index is 0.362. The molecule has 1 heterocycles. The molecule has 0 spiro atoms. The maximum absolute atomic E-state index is 5.89. The number of methoxy groups -OCH3 is 1. The van der Waals surface area contributed by atoms with Gasteiger partial charge in [0.05, 0.1) is 13.2 Å². The van der Waals surface area contributed by atoms with Gasteiger partial charge in [-0.25, -0.2) is 0 Å². The first-order chi connectivity index (χ1) is 13.2. The SMILES string of the molecule is CCNC(=NCCCOC1CCOCC1)NCCc1ccc(C)c(OC)c1. The van der Waals surface area contributed by atoms with Crippen molar-refractivity contribution in [1.29, 1.82) is 0 Å². The number of nitrogens with one attached hydrogen (secondary N) is 2. The van der Waals surface area contributed by atoms with Crippen molar-refractivity contribution in [2.75, 3.05) is 46.6 Å². The van der Waals surface area contributed by atoms with Gasteiger partial charge in [-0.3, -0.25) is 4.99 Å². The summed E-state index contributed by atoms with van der Waals surface area (Å²) in [6, 6.07) is 6.36. The number of rotatable bonds is 10. The molecule has 1 fully saturated rings. The Morgan fingerprint density at radius 2 is 2.07 bits per heavy atom. The maximum atomic E-state index is 5.89. The van der Waals surface area contributed by atoms with E-state index in [4.69, 9.17) is 14.2 Å². The Morgan fingerprint density at radius 1 is 1.26 bits per heavy atom. The van der Waals surface area contributed by atoms with E-state index in [1.165, 1.54) is 5.56 Å². The molecule has 0 amide bonds. The first-order valence-corrected chi connectivity index (χ1v) is 10.1. The molecule has 0 aromatic heterocycles. The molecule has 27 heavy (non-hydrogen) atoms. The Bertz CT molecular complexity index is 572. The summed E-state index contributed by atoms with van der Waals surface area (Å²) in [6.45, 7) is 8.99. The van der Waals surface area contributed by atoms with Gasteiger partial charge in [0.2, 0.25) is 0 Å². The maximum Gasteiger partial charge on any atom is 0.191 e. The van der Waals surface area contributed by atoms with Gasteiger partial charge in [0.15, 0.2) is 5.96 Å². The fraction of sp³-hybridized carbons (Fsp3) is 0.667. The number of guanidine groups is 1. The number of nitrogens with zero attached hydrogens (tertiary/aromatic N) is 1. The van der Waals surface area contributed by atoms with Gasteiger partial charge in [0.25, 0.3) is 0 Å². The molecule has 2 N–H and O–H groups in total. The smallest absolute Gasteiger partial charge is 0.191 e. The highest BCUT2D eigenvalue weighted by atomic mass is 16.5. The molecule has 0 unspecified atom stereocenters. The molecule has 152 valence electrons. The van der Waals surface area contributed by atoms with E-state index in [9.17, 15) is 0 Å². The highest BCUT2D eigenvalue weighted by Crippen LogP contribution is 2.19. The zero-order chi connectivity index (χ0) is 19.3. The second-order valence-electron chi connectivity index (χ2n) is 6.78. The van der Waals surface area contributed by atoms with Gasteiger partial charge in [-0.15, -0.1) is 0 Å². The van der Waals surface area contributed by atoms with Gasteiger partial charge in [-0.1, -0.05) is 12.1 Å². The molecular weight excluding hydrogens is 342 g/mol. The molecule has 0 radical (unpaired) electrons. The minimum absolute atomic E-state index is 0.362. The van der Waals surface area contributed by atoms with Crippen molar-refractivity contribution in [2.24, 2.45) is 4.99 Å². The molecule has 0 saturated carbocycles. The lowest BCUT2D eigenvalue weighted by molar-refractivity contribution is -0.0318. The molecule has 6 heteroatoms. The second kappa shape index (κ2) is 12.6. The lowest BCUT2D eigenvalue weighted by atomic mass is 10.1. The van der Waals surface area contributed by atoms with E-state index in [2.05, 4.69) is 47.7 Å². The molecule has 6 nitrogen and oxygen atoms in total. The van der Waals surface area contributed by atoms with E-state index in [0.29, 0.717) is 6.10 Å². The molecule has 0 bridgehead atoms. The van der Waals surface area contributed by atoms with Crippen molar-refractivity contribution in [2.45, 2.75) is 45.6 Å². The first kappa shape index (κ1) is 21.5. The highest BCUT2D eigenvalue weighted by molar-refractivity contribution is 5.79. The van der Waals surface area contributed by atoms with Crippen LogP contribution in [-0.2, 0) is 15.9 Å². The Hall–Kier alpha value is -1.79. The third-order valence-corrected chi connectivity index (χ3v) is 4.62. The fourth-order valence-corrected chi connectivity index (χ4v) is 3.03. The summed E-state index contributed by atoms with van der Waals surface area (Å²) in [4.78, 5) is 4.64. The van der Waals surface area contributed by atoms with Crippen molar-refractivity contribution >= 4 is 5.96 Å². The van der Waals surface area contributed by atoms with Gasteiger partial charge in [0, 0.05) is 39.5 Å². The number of aryl methyl sites for hydroxylation is 1. The van der Waals surface area contributed by atoms with Crippen LogP contribution in [0.2, 0.25) is 0 Å². The number of hydrogen-bond donors (Lipinski definition) is 2. The van der Waals surface area contributed by atoms with Crippen LogP contribution in [0.5, 0.6) is 5.75 Å². The van der Waals surface area contributed by atoms with Crippen molar-refractivity contribution in [1.82, 2.24) is 10.6 Å². The average molecular weight is 378 g/mol. The summed E-state index contributed by atoms with van der Waals surface area (Å²) >= 11 is 0. The molecule has 0 aliphatic carbocycles. The molecule has 1 saturated heterocycles. The molecular formula is C21H35N3O3. The van der Waals surface area contributed by atoms with E-state index in [-0.39, 0.29) is 0 Å². The lowest BCUT2D eigenvalue weighted by Crippen LogP contribution is -2.38. The zero-order valence-corrected chi connectivity index (χ0v) is 17.1. The van der Waals surface area contributed by atoms with Gasteiger partial charge in [-0.2, -0.15) is 0 Å². The van der Waals surface area contributed by atoms with Crippen LogP contribution in [0.25, 0.3) is 0 Å². The third kappa shape index (κ3) is 8.18. The lowest BCUT2D eigenvalue weighted by Gasteiger charge is -2.22. The summed E-state index contributed by atoms with van der Waals surface area (Å²) in [6.07, 6.45) is 4.24. The number of benzene rings is 1. The van der Waals surface area contributed by atoms with E-state index in [1.54, 1.807) is 7.11 Å². The monoisotopic (exact) mass is 377 g/mol. The van der Waals surface area contributed by atoms with Crippen molar-refractivity contribution in [3.05, 3.63) is 29.3 Å². The summed E-state index contributed by atoms with van der Waals surface area (Å²) in [7, 11) is 1.71. The molecule has 0 atom stereocenters. The van der Waals surface area contributed by atoms with E-state index in [1.807, 2.05) is 0 Å². The van der Waals surface area contributed by atoms with Gasteiger partial charge in [-0.05, 0) is 56.7 Å². The third-order valence-electron chi connectivity index (χ3n) is 4.62. The quantitative estimate of drug-likeness (QED) is 0.373. The van der Waals surface area contributed by atoms with Crippen LogP contribution in [0, 0.1) is 6.92 Å². The van der Waals surface area contributed by atoms with Gasteiger partial charge >= 0.3 is 0 Å². The second-order valence-corrected chi connectivity index (χ2v) is 6.78. The topological polar surface area (TPSA) is 64.1 Å². The van der Waals surface area contributed by atoms with Gasteiger partial charge in [0.1, 0.15) is 5.75 Å². The molecule has 1 aromatic carbocycles. The predicted octanol–water partition coefficient (Wildman–Crippen LogP) is 2.69. The largest absolute Gasteiger partial charge is 0.496 e. The van der Waals surface area contributed by atoms with Crippen LogP contribution >= 0.6 is 0 Å². The normalized spacial score (nSPS) is 15.6. The Morgan fingerprint density at radius 3 is 2.81 bits per heavy atom. The molecule has 1 aromatic rings. The van der Waals surface area contributed by atoms with E-state index < -0.39 is 0 Å². The van der Waals surface area contributed by atoms with Gasteiger partial charge < -0.3 is 24.8 Å². The summed E-state index contributed by atoms with van der Waals surface area (Å²) in [5, 5.41) is 6.70. The van der Waals surface area contributed by atoms with Crippen molar-refractivity contribution < 1.29 is 14.2 Å². The van der Waals surface area contributed by atoms with Crippen LogP contribution in [0.15, 0.2) is 23.2 Å². The molecule has 1 aliphatic rings. The molecule has 2 rings (SSSR count). The minimum Gasteiger partial charge on any atom is -0.496 e. The summed E-state index contributed by atoms with van der Waals surface area (Å²) in [5.41, 5.74) is 2.41. The number of aliphatic imine (C=N–C) groups is 1. The predicted molar refractivity (Wildman–Crippen MR) is 110 cm³/mol. The van der Waals surface area contributed by atoms with Crippen LogP contribution in [0.3, 0.4) is 0 Å². The zero-order valence-electron chi connectivity index (χ0n) is 17.1. The summed E-state index contributed by atoms with van der Waals surface area (Å²) < 4.78 is 16.6. The number of hydrogen-bond acceptors (Lipinski definition) is 4. The number of ether oxygens (including phenoxy) is 3. The van der Waals surface area contributed by atoms with E-state index in [0.717, 1.165) is 82.4 Å². The fourth-order valence-electron chi connectivity index (χ4n) is 3.03. The van der Waals surface area contributed by atoms with Crippen LogP contribution in [-0.4, -0.2) is 58.6 Å². The van der Waals surface area contributed by atoms with Crippen LogP contribution < -0.4 is 15.4 Å². The standard InChI is InChI=1S/C21H35N3O3/c1-4-22-21(23-11-5-13-27-19-9-14-26-15-10-19)24-12-8-18-7-6-17(2)20(16-18)25-3/h6-7,16,19H,4-5,8-15H2,1-3H3,(H2,22,23,24). The van der Waals surface area contributed by atoms with Crippen LogP contribution in [0.4, 0.5) is 0 Å². The van der Waals surface area contributed by atoms with Crippen molar-refractivity contribution in [3.8, 4) is 5.75 Å². The Labute approximate surface area is 163 Å². The van der Waals surface area contributed by atoms with Crippen molar-refractivity contribution in [3.63, 3.8) is 0 Å². The average Bonchev–Trinajstić information content (AvgIpc) is 2.69. The highest BCUT2D eigenvalue weighted by Gasteiger charge is 2.13. The Kier molecular flexibility index (Phi) is 10.0. The molecule has 1 aliphatic heterocycles. The first-order valence-electron chi connectivity index (χ1n) is 10.1.